The van der Waals surface area contributed by atoms with Crippen LogP contribution in [0.25, 0.3) is 0 Å². The van der Waals surface area contributed by atoms with Crippen LogP contribution < -0.4 is 5.56 Å². The van der Waals surface area contributed by atoms with Gasteiger partial charge in [0.25, 0.3) is 12.3 Å². The highest BCUT2D eigenvalue weighted by Gasteiger charge is 2.19. The van der Waals surface area contributed by atoms with E-state index >= 15 is 0 Å². The van der Waals surface area contributed by atoms with Crippen molar-refractivity contribution >= 4 is 17.5 Å². The number of amides is 1. The summed E-state index contributed by atoms with van der Waals surface area (Å²) in [5.74, 6) is -0.510. The van der Waals surface area contributed by atoms with Gasteiger partial charge in [-0.15, -0.1) is 11.6 Å². The summed E-state index contributed by atoms with van der Waals surface area (Å²) < 4.78 is 24.5. The summed E-state index contributed by atoms with van der Waals surface area (Å²) in [5, 5.41) is 0. The molecule has 1 amide bonds. The van der Waals surface area contributed by atoms with Gasteiger partial charge in [0.1, 0.15) is 0 Å². The number of alkyl halides is 3. The predicted molar refractivity (Wildman–Crippen MR) is 59.7 cm³/mol. The third-order valence-electron chi connectivity index (χ3n) is 2.03. The van der Waals surface area contributed by atoms with Crippen LogP contribution >= 0.6 is 11.6 Å². The van der Waals surface area contributed by atoms with Crippen LogP contribution in [0, 0.1) is 0 Å². The fraction of sp³-hybridized carbons (Fsp3) is 0.400. The molecule has 1 aromatic heterocycles. The Kier molecular flexibility index (Phi) is 5.09. The van der Waals surface area contributed by atoms with Crippen LogP contribution in [-0.4, -0.2) is 41.2 Å². The zero-order valence-electron chi connectivity index (χ0n) is 8.83. The van der Waals surface area contributed by atoms with Crippen molar-refractivity contribution in [2.45, 2.75) is 6.43 Å². The third kappa shape index (κ3) is 4.14. The number of nitrogens with one attached hydrogen (secondary N) is 1. The molecule has 0 spiro atoms. The standard InChI is InChI=1S/C10H11ClF2N2O2/c11-3-4-15(6-8(12)13)10(17)7-1-2-9(16)14-5-7/h1-2,5,8H,3-4,6H2,(H,14,16). The van der Waals surface area contributed by atoms with E-state index < -0.39 is 18.9 Å². The molecule has 0 fully saturated rings. The highest BCUT2D eigenvalue weighted by Crippen LogP contribution is 2.05. The van der Waals surface area contributed by atoms with E-state index in [1.54, 1.807) is 0 Å². The average molecular weight is 265 g/mol. The third-order valence-corrected chi connectivity index (χ3v) is 2.20. The number of aromatic nitrogens is 1. The SMILES string of the molecule is O=C(c1ccc(=O)[nH]c1)N(CCCl)CC(F)F. The number of nitrogens with zero attached hydrogens (tertiary/aromatic N) is 1. The number of rotatable bonds is 5. The summed E-state index contributed by atoms with van der Waals surface area (Å²) in [6.07, 6.45) is -1.43. The normalized spacial score (nSPS) is 10.6. The Morgan fingerprint density at radius 2 is 2.18 bits per heavy atom. The summed E-state index contributed by atoms with van der Waals surface area (Å²) >= 11 is 5.44. The number of aromatic amines is 1. The lowest BCUT2D eigenvalue weighted by molar-refractivity contribution is 0.0570. The summed E-state index contributed by atoms with van der Waals surface area (Å²) in [5.41, 5.74) is -0.213. The number of hydrogen-bond acceptors (Lipinski definition) is 2. The van der Waals surface area contributed by atoms with Crippen LogP contribution in [-0.2, 0) is 0 Å². The minimum atomic E-state index is -2.62. The van der Waals surface area contributed by atoms with Crippen molar-refractivity contribution in [2.75, 3.05) is 19.0 Å². The molecule has 0 aliphatic heterocycles. The minimum absolute atomic E-state index is 0.0316. The number of pyridine rings is 1. The Morgan fingerprint density at radius 1 is 1.47 bits per heavy atom. The summed E-state index contributed by atoms with van der Waals surface area (Å²) in [6.45, 7) is -0.644. The van der Waals surface area contributed by atoms with Gasteiger partial charge in [-0.05, 0) is 6.07 Å². The molecule has 1 rings (SSSR count). The second kappa shape index (κ2) is 6.34. The van der Waals surface area contributed by atoms with Crippen LogP contribution in [0.1, 0.15) is 10.4 Å². The average Bonchev–Trinajstić information content (AvgIpc) is 2.28. The predicted octanol–water partition coefficient (Wildman–Crippen LogP) is 1.32. The van der Waals surface area contributed by atoms with Gasteiger partial charge in [-0.2, -0.15) is 0 Å². The van der Waals surface area contributed by atoms with Gasteiger partial charge in [-0.1, -0.05) is 0 Å². The van der Waals surface area contributed by atoms with Crippen LogP contribution in [0.4, 0.5) is 8.78 Å². The van der Waals surface area contributed by atoms with Crippen molar-refractivity contribution < 1.29 is 13.6 Å². The summed E-state index contributed by atoms with van der Waals surface area (Å²) in [4.78, 5) is 25.8. The molecular weight excluding hydrogens is 254 g/mol. The van der Waals surface area contributed by atoms with E-state index in [0.29, 0.717) is 0 Å². The Bertz CT molecular complexity index is 416. The van der Waals surface area contributed by atoms with E-state index in [2.05, 4.69) is 4.98 Å². The van der Waals surface area contributed by atoms with Gasteiger partial charge in [-0.25, -0.2) is 8.78 Å². The first-order valence-corrected chi connectivity index (χ1v) is 5.40. The van der Waals surface area contributed by atoms with E-state index in [1.807, 2.05) is 0 Å². The lowest BCUT2D eigenvalue weighted by atomic mass is 10.2. The maximum absolute atomic E-state index is 12.3. The van der Waals surface area contributed by atoms with E-state index in [-0.39, 0.29) is 23.5 Å². The number of carbonyl (C=O) groups is 1. The Morgan fingerprint density at radius 3 is 2.65 bits per heavy atom. The quantitative estimate of drug-likeness (QED) is 0.816. The van der Waals surface area contributed by atoms with Crippen molar-refractivity contribution in [3.8, 4) is 0 Å². The molecule has 0 saturated carbocycles. The molecule has 0 unspecified atom stereocenters. The maximum atomic E-state index is 12.3. The molecule has 0 aromatic carbocycles. The first-order chi connectivity index (χ1) is 8.04. The van der Waals surface area contributed by atoms with Gasteiger partial charge >= 0.3 is 0 Å². The minimum Gasteiger partial charge on any atom is -0.332 e. The Hall–Kier alpha value is -1.43. The molecule has 0 aliphatic rings. The second-order valence-electron chi connectivity index (χ2n) is 3.27. The number of carbonyl (C=O) groups excluding carboxylic acids is 1. The summed E-state index contributed by atoms with van der Waals surface area (Å²) in [7, 11) is 0. The van der Waals surface area contributed by atoms with Crippen molar-refractivity contribution in [1.29, 1.82) is 0 Å². The van der Waals surface area contributed by atoms with Gasteiger partial charge in [-0.3, -0.25) is 9.59 Å². The molecule has 7 heteroatoms. The van der Waals surface area contributed by atoms with Crippen molar-refractivity contribution in [2.24, 2.45) is 0 Å². The van der Waals surface area contributed by atoms with Crippen molar-refractivity contribution in [1.82, 2.24) is 9.88 Å². The Balaban J connectivity index is 2.83. The molecule has 0 bridgehead atoms. The molecule has 0 saturated heterocycles. The van der Waals surface area contributed by atoms with Crippen LogP contribution in [0.5, 0.6) is 0 Å². The highest BCUT2D eigenvalue weighted by atomic mass is 35.5. The van der Waals surface area contributed by atoms with E-state index in [9.17, 15) is 18.4 Å². The van der Waals surface area contributed by atoms with E-state index in [4.69, 9.17) is 11.6 Å². The summed E-state index contributed by atoms with van der Waals surface area (Å²) in [6, 6.07) is 2.45. The van der Waals surface area contributed by atoms with Crippen molar-refractivity contribution in [3.63, 3.8) is 0 Å². The number of H-pyrrole nitrogens is 1. The maximum Gasteiger partial charge on any atom is 0.255 e. The van der Waals surface area contributed by atoms with Gasteiger partial charge in [0.05, 0.1) is 12.1 Å². The van der Waals surface area contributed by atoms with Crippen LogP contribution in [0.2, 0.25) is 0 Å². The molecule has 1 N–H and O–H groups in total. The van der Waals surface area contributed by atoms with Gasteiger partial charge in [0.15, 0.2) is 0 Å². The van der Waals surface area contributed by atoms with E-state index in [0.717, 1.165) is 11.0 Å². The monoisotopic (exact) mass is 264 g/mol. The Labute approximate surface area is 101 Å². The smallest absolute Gasteiger partial charge is 0.255 e. The van der Waals surface area contributed by atoms with Gasteiger partial charge < -0.3 is 9.88 Å². The topological polar surface area (TPSA) is 53.2 Å². The largest absolute Gasteiger partial charge is 0.332 e. The fourth-order valence-electron chi connectivity index (χ4n) is 1.27. The molecule has 0 atom stereocenters. The zero-order chi connectivity index (χ0) is 12.8. The highest BCUT2D eigenvalue weighted by molar-refractivity contribution is 6.18. The van der Waals surface area contributed by atoms with Crippen LogP contribution in [0.3, 0.4) is 0 Å². The fourth-order valence-corrected chi connectivity index (χ4v) is 1.47. The first-order valence-electron chi connectivity index (χ1n) is 4.86. The molecule has 1 aromatic rings. The lowest BCUT2D eigenvalue weighted by Crippen LogP contribution is -2.36. The number of hydrogen-bond donors (Lipinski definition) is 1. The molecule has 17 heavy (non-hydrogen) atoms. The lowest BCUT2D eigenvalue weighted by Gasteiger charge is -2.20. The molecular formula is C10H11ClF2N2O2. The molecule has 1 heterocycles. The molecule has 0 aliphatic carbocycles. The van der Waals surface area contributed by atoms with E-state index in [1.165, 1.54) is 12.3 Å². The van der Waals surface area contributed by atoms with Gasteiger partial charge in [0, 0.05) is 24.7 Å². The van der Waals surface area contributed by atoms with Crippen molar-refractivity contribution in [3.05, 3.63) is 34.2 Å². The van der Waals surface area contributed by atoms with Gasteiger partial charge in [0.2, 0.25) is 5.56 Å². The van der Waals surface area contributed by atoms with Crippen LogP contribution in [0.15, 0.2) is 23.1 Å². The first kappa shape index (κ1) is 13.6. The molecule has 0 radical (unpaired) electrons. The molecule has 4 nitrogen and oxygen atoms in total. The molecule has 94 valence electrons. The number of halogens is 3. The zero-order valence-corrected chi connectivity index (χ0v) is 9.58. The second-order valence-corrected chi connectivity index (χ2v) is 3.65.